The van der Waals surface area contributed by atoms with Crippen molar-refractivity contribution >= 4 is 11.8 Å². The molecule has 0 radical (unpaired) electrons. The minimum atomic E-state index is -4.51. The van der Waals surface area contributed by atoms with E-state index in [2.05, 4.69) is 10.3 Å². The molecule has 0 aliphatic heterocycles. The number of carboxylic acids is 1. The van der Waals surface area contributed by atoms with E-state index < -0.39 is 29.5 Å². The molecular formula is C35H35F3N2O6. The first kappa shape index (κ1) is 33.8. The highest BCUT2D eigenvalue weighted by molar-refractivity contribution is 6.04. The number of alkyl halides is 3. The molecule has 1 atom stereocenters. The fourth-order valence-electron chi connectivity index (χ4n) is 4.57. The summed E-state index contributed by atoms with van der Waals surface area (Å²) in [6, 6.07) is 17.3. The average Bonchev–Trinajstić information content (AvgIpc) is 3.37. The Morgan fingerprint density at radius 1 is 0.978 bits per heavy atom. The van der Waals surface area contributed by atoms with Crippen molar-refractivity contribution in [3.05, 3.63) is 113 Å². The van der Waals surface area contributed by atoms with E-state index in [9.17, 15) is 27.9 Å². The Morgan fingerprint density at radius 3 is 2.20 bits per heavy atom. The Kier molecular flexibility index (Phi) is 10.9. The number of aryl methyl sites for hydroxylation is 1. The van der Waals surface area contributed by atoms with Gasteiger partial charge in [0.2, 0.25) is 5.89 Å². The molecule has 2 N–H and O–H groups in total. The molecule has 11 heteroatoms. The number of nitrogens with one attached hydrogen (secondary N) is 1. The summed E-state index contributed by atoms with van der Waals surface area (Å²) < 4.78 is 55.8. The molecule has 3 aromatic carbocycles. The molecule has 1 heterocycles. The predicted molar refractivity (Wildman–Crippen MR) is 166 cm³/mol. The first-order valence-corrected chi connectivity index (χ1v) is 14.6. The number of hydrogen-bond acceptors (Lipinski definition) is 7. The lowest BCUT2D eigenvalue weighted by Crippen LogP contribution is -2.37. The molecule has 4 rings (SSSR count). The molecule has 0 amide bonds. The zero-order valence-corrected chi connectivity index (χ0v) is 25.9. The maximum atomic E-state index is 12.8. The highest BCUT2D eigenvalue weighted by atomic mass is 19.4. The first-order chi connectivity index (χ1) is 21.8. The van der Waals surface area contributed by atoms with Crippen LogP contribution in [0.25, 0.3) is 11.5 Å². The van der Waals surface area contributed by atoms with Crippen molar-refractivity contribution in [2.75, 3.05) is 6.61 Å². The summed E-state index contributed by atoms with van der Waals surface area (Å²) in [5.74, 6) is 0.917. The van der Waals surface area contributed by atoms with Crippen LogP contribution < -0.4 is 14.8 Å². The van der Waals surface area contributed by atoms with Crippen LogP contribution in [0.5, 0.6) is 11.5 Å². The maximum Gasteiger partial charge on any atom is 0.416 e. The number of carboxylic acid groups (broad SMARTS) is 1. The van der Waals surface area contributed by atoms with Gasteiger partial charge in [0.1, 0.15) is 23.3 Å². The summed E-state index contributed by atoms with van der Waals surface area (Å²) in [5.41, 5.74) is 1.80. The molecule has 0 saturated carbocycles. The highest BCUT2D eigenvalue weighted by Gasteiger charge is 2.30. The van der Waals surface area contributed by atoms with E-state index in [1.807, 2.05) is 45.0 Å². The molecule has 1 aromatic heterocycles. The number of ether oxygens (including phenoxy) is 2. The molecular weight excluding hydrogens is 601 g/mol. The fourth-order valence-corrected chi connectivity index (χ4v) is 4.57. The highest BCUT2D eigenvalue weighted by Crippen LogP contribution is 2.29. The molecule has 242 valence electrons. The lowest BCUT2D eigenvalue weighted by molar-refractivity contribution is -0.139. The molecule has 0 spiro atoms. The standard InChI is InChI=1S/C35H35F3N2O6/c1-21(2)45-29-15-9-26(10-16-29)33-40-30(23(4)46-33)17-18-44-28-13-5-24(6-14-28)20-31(34(42)43)39-22(3)19-32(41)25-7-11-27(12-8-25)35(36,37)38/h5-16,19,21,31,39H,17-18,20H2,1-4H3,(H,42,43)/b22-19+/t31-/m0/s1. The van der Waals surface area contributed by atoms with Gasteiger partial charge in [0.15, 0.2) is 5.78 Å². The molecule has 0 aliphatic carbocycles. The summed E-state index contributed by atoms with van der Waals surface area (Å²) in [5, 5.41) is 12.5. The van der Waals surface area contributed by atoms with Crippen molar-refractivity contribution in [1.82, 2.24) is 10.3 Å². The zero-order chi connectivity index (χ0) is 33.4. The quantitative estimate of drug-likeness (QED) is 0.109. The number of benzene rings is 3. The van der Waals surface area contributed by atoms with E-state index in [1.165, 1.54) is 6.92 Å². The average molecular weight is 637 g/mol. The Balaban J connectivity index is 1.29. The molecule has 0 unspecified atom stereocenters. The van der Waals surface area contributed by atoms with Crippen LogP contribution in [-0.4, -0.2) is 40.6 Å². The Hall–Kier alpha value is -5.06. The van der Waals surface area contributed by atoms with E-state index in [0.717, 1.165) is 52.9 Å². The van der Waals surface area contributed by atoms with Gasteiger partial charge in [-0.15, -0.1) is 0 Å². The number of carbonyl (C=O) groups is 2. The number of hydrogen-bond donors (Lipinski definition) is 2. The Labute approximate surface area is 264 Å². The number of allylic oxidation sites excluding steroid dienone is 2. The Bertz CT molecular complexity index is 1660. The number of nitrogens with zero attached hydrogens (tertiary/aromatic N) is 1. The SMILES string of the molecule is C/C(=C\C(=O)c1ccc(C(F)(F)F)cc1)N[C@@H](Cc1ccc(OCCc2nc(-c3ccc(OC(C)C)cc3)oc2C)cc1)C(=O)O. The van der Waals surface area contributed by atoms with Gasteiger partial charge < -0.3 is 24.3 Å². The van der Waals surface area contributed by atoms with Gasteiger partial charge in [-0.2, -0.15) is 13.2 Å². The lowest BCUT2D eigenvalue weighted by Gasteiger charge is -2.16. The van der Waals surface area contributed by atoms with Gasteiger partial charge >= 0.3 is 12.1 Å². The molecule has 8 nitrogen and oxygen atoms in total. The number of carbonyl (C=O) groups excluding carboxylic acids is 1. The second kappa shape index (κ2) is 14.8. The van der Waals surface area contributed by atoms with Gasteiger partial charge in [-0.25, -0.2) is 9.78 Å². The summed E-state index contributed by atoms with van der Waals surface area (Å²) >= 11 is 0. The molecule has 0 bridgehead atoms. The van der Waals surface area contributed by atoms with Crippen molar-refractivity contribution in [1.29, 1.82) is 0 Å². The topological polar surface area (TPSA) is 111 Å². The summed E-state index contributed by atoms with van der Waals surface area (Å²) in [6.45, 7) is 7.66. The number of rotatable bonds is 14. The third kappa shape index (κ3) is 9.47. The van der Waals surface area contributed by atoms with Crippen molar-refractivity contribution in [3.63, 3.8) is 0 Å². The van der Waals surface area contributed by atoms with Gasteiger partial charge in [0, 0.05) is 35.7 Å². The molecule has 4 aromatic rings. The van der Waals surface area contributed by atoms with Crippen LogP contribution in [0.4, 0.5) is 13.2 Å². The van der Waals surface area contributed by atoms with Gasteiger partial charge in [-0.3, -0.25) is 4.79 Å². The predicted octanol–water partition coefficient (Wildman–Crippen LogP) is 7.45. The minimum absolute atomic E-state index is 0.0538. The van der Waals surface area contributed by atoms with Crippen molar-refractivity contribution in [3.8, 4) is 23.0 Å². The number of oxazole rings is 1. The van der Waals surface area contributed by atoms with Crippen LogP contribution in [0.15, 0.2) is 89.0 Å². The van der Waals surface area contributed by atoms with Gasteiger partial charge in [-0.05, 0) is 81.8 Å². The smallest absolute Gasteiger partial charge is 0.416 e. The maximum absolute atomic E-state index is 12.8. The zero-order valence-electron chi connectivity index (χ0n) is 25.9. The number of aromatic nitrogens is 1. The lowest BCUT2D eigenvalue weighted by atomic mass is 10.0. The van der Waals surface area contributed by atoms with Crippen LogP contribution >= 0.6 is 0 Å². The van der Waals surface area contributed by atoms with E-state index in [-0.39, 0.29) is 23.8 Å². The molecule has 0 saturated heterocycles. The van der Waals surface area contributed by atoms with E-state index in [4.69, 9.17) is 13.9 Å². The van der Waals surface area contributed by atoms with Crippen LogP contribution in [0, 0.1) is 6.92 Å². The van der Waals surface area contributed by atoms with Crippen LogP contribution in [0.2, 0.25) is 0 Å². The van der Waals surface area contributed by atoms with Crippen molar-refractivity contribution in [2.24, 2.45) is 0 Å². The van der Waals surface area contributed by atoms with E-state index >= 15 is 0 Å². The van der Waals surface area contributed by atoms with Gasteiger partial charge in [0.25, 0.3) is 0 Å². The van der Waals surface area contributed by atoms with Crippen molar-refractivity contribution < 1.29 is 41.8 Å². The number of ketones is 1. The fraction of sp³-hybridized carbons (Fsp3) is 0.286. The van der Waals surface area contributed by atoms with Crippen LogP contribution in [0.3, 0.4) is 0 Å². The van der Waals surface area contributed by atoms with Gasteiger partial charge in [-0.1, -0.05) is 24.3 Å². The Morgan fingerprint density at radius 2 is 1.61 bits per heavy atom. The van der Waals surface area contributed by atoms with Crippen LogP contribution in [0.1, 0.15) is 53.7 Å². The monoisotopic (exact) mass is 636 g/mol. The number of aliphatic carboxylic acids is 1. The second-order valence-electron chi connectivity index (χ2n) is 11.0. The third-order valence-electron chi connectivity index (χ3n) is 6.88. The van der Waals surface area contributed by atoms with Gasteiger partial charge in [0.05, 0.1) is 24.0 Å². The molecule has 46 heavy (non-hydrogen) atoms. The summed E-state index contributed by atoms with van der Waals surface area (Å²) in [4.78, 5) is 29.0. The summed E-state index contributed by atoms with van der Waals surface area (Å²) in [7, 11) is 0. The van der Waals surface area contributed by atoms with Crippen LogP contribution in [-0.2, 0) is 23.8 Å². The molecule has 0 fully saturated rings. The largest absolute Gasteiger partial charge is 0.493 e. The van der Waals surface area contributed by atoms with Crippen molar-refractivity contribution in [2.45, 2.75) is 58.9 Å². The first-order valence-electron chi connectivity index (χ1n) is 14.6. The second-order valence-corrected chi connectivity index (χ2v) is 11.0. The van der Waals surface area contributed by atoms with E-state index in [1.54, 1.807) is 24.3 Å². The number of halogens is 3. The molecule has 0 aliphatic rings. The summed E-state index contributed by atoms with van der Waals surface area (Å²) in [6.07, 6.45) is -2.63. The van der Waals surface area contributed by atoms with E-state index in [0.29, 0.717) is 30.4 Å². The minimum Gasteiger partial charge on any atom is -0.493 e. The third-order valence-corrected chi connectivity index (χ3v) is 6.88. The normalized spacial score (nSPS) is 12.6.